The van der Waals surface area contributed by atoms with Gasteiger partial charge in [-0.3, -0.25) is 4.68 Å². The van der Waals surface area contributed by atoms with Crippen molar-refractivity contribution in [1.29, 1.82) is 0 Å². The molecule has 0 amide bonds. The molecular weight excluding hydrogens is 272 g/mol. The van der Waals surface area contributed by atoms with Gasteiger partial charge in [0.15, 0.2) is 0 Å². The van der Waals surface area contributed by atoms with E-state index in [1.807, 2.05) is 25.5 Å². The second kappa shape index (κ2) is 5.85. The first-order valence-corrected chi connectivity index (χ1v) is 7.32. The van der Waals surface area contributed by atoms with Crippen molar-refractivity contribution in [3.8, 4) is 11.3 Å². The van der Waals surface area contributed by atoms with Crippen molar-refractivity contribution in [2.24, 2.45) is 7.05 Å². The molecule has 1 saturated heterocycles. The van der Waals surface area contributed by atoms with E-state index < -0.39 is 0 Å². The maximum absolute atomic E-state index is 5.76. The Morgan fingerprint density at radius 1 is 1.50 bits per heavy atom. The van der Waals surface area contributed by atoms with Crippen molar-refractivity contribution in [3.63, 3.8) is 0 Å². The lowest BCUT2D eigenvalue weighted by Gasteiger charge is -2.22. The van der Waals surface area contributed by atoms with Crippen molar-refractivity contribution < 1.29 is 4.74 Å². The number of hydrogen-bond acceptors (Lipinski definition) is 4. The molecule has 1 fully saturated rings. The molecule has 2 aromatic heterocycles. The summed E-state index contributed by atoms with van der Waals surface area (Å²) in [6.07, 6.45) is 8.31. The monoisotopic (exact) mass is 290 g/mol. The van der Waals surface area contributed by atoms with Crippen LogP contribution in [0, 0.1) is 4.64 Å². The standard InChI is InChI=1S/C14H18N4OS/c1-18-9-10(8-15-18)12-7-14(20)17-13(16-12)6-11-4-2-3-5-19-11/h7-9,11H,2-6H2,1H3,(H,16,17,20). The van der Waals surface area contributed by atoms with Gasteiger partial charge in [-0.25, -0.2) is 4.98 Å². The molecule has 1 atom stereocenters. The molecule has 0 saturated carbocycles. The van der Waals surface area contributed by atoms with Crippen LogP contribution in [0.5, 0.6) is 0 Å². The quantitative estimate of drug-likeness (QED) is 0.883. The molecule has 3 heterocycles. The normalized spacial score (nSPS) is 19.1. The van der Waals surface area contributed by atoms with Gasteiger partial charge in [0.2, 0.25) is 0 Å². The lowest BCUT2D eigenvalue weighted by molar-refractivity contribution is 0.0156. The van der Waals surface area contributed by atoms with Crippen LogP contribution in [0.2, 0.25) is 0 Å². The molecule has 1 N–H and O–H groups in total. The number of aromatic amines is 1. The van der Waals surface area contributed by atoms with Gasteiger partial charge in [-0.15, -0.1) is 0 Å². The number of aryl methyl sites for hydroxylation is 1. The zero-order valence-corrected chi connectivity index (χ0v) is 12.3. The molecule has 106 valence electrons. The molecule has 2 aromatic rings. The van der Waals surface area contributed by atoms with Gasteiger partial charge in [-0.1, -0.05) is 12.2 Å². The molecule has 1 unspecified atom stereocenters. The van der Waals surface area contributed by atoms with Crippen LogP contribution in [0.15, 0.2) is 18.5 Å². The summed E-state index contributed by atoms with van der Waals surface area (Å²) in [5.74, 6) is 0.892. The molecule has 0 bridgehead atoms. The lowest BCUT2D eigenvalue weighted by Crippen LogP contribution is -2.22. The van der Waals surface area contributed by atoms with Gasteiger partial charge >= 0.3 is 0 Å². The second-order valence-electron chi connectivity index (χ2n) is 5.18. The van der Waals surface area contributed by atoms with Crippen molar-refractivity contribution in [3.05, 3.63) is 28.9 Å². The molecule has 0 spiro atoms. The maximum Gasteiger partial charge on any atom is 0.130 e. The van der Waals surface area contributed by atoms with Crippen molar-refractivity contribution in [1.82, 2.24) is 19.7 Å². The Morgan fingerprint density at radius 2 is 2.40 bits per heavy atom. The van der Waals surface area contributed by atoms with Crippen LogP contribution in [-0.4, -0.2) is 32.5 Å². The summed E-state index contributed by atoms with van der Waals surface area (Å²) >= 11 is 5.26. The van der Waals surface area contributed by atoms with Crippen LogP contribution < -0.4 is 0 Å². The molecule has 1 aliphatic rings. The molecule has 6 heteroatoms. The average Bonchev–Trinajstić information content (AvgIpc) is 2.86. The second-order valence-corrected chi connectivity index (χ2v) is 5.59. The first-order valence-electron chi connectivity index (χ1n) is 6.91. The molecule has 0 aliphatic carbocycles. The van der Waals surface area contributed by atoms with Gasteiger partial charge in [0.05, 0.1) is 18.0 Å². The summed E-state index contributed by atoms with van der Waals surface area (Å²) in [4.78, 5) is 7.76. The fourth-order valence-corrected chi connectivity index (χ4v) is 2.73. The zero-order chi connectivity index (χ0) is 13.9. The number of aromatic nitrogens is 4. The van der Waals surface area contributed by atoms with E-state index in [0.29, 0.717) is 4.64 Å². The Labute approximate surface area is 123 Å². The Bertz CT molecular complexity index is 643. The third-order valence-electron chi connectivity index (χ3n) is 3.50. The van der Waals surface area contributed by atoms with Crippen LogP contribution in [0.4, 0.5) is 0 Å². The largest absolute Gasteiger partial charge is 0.378 e. The minimum atomic E-state index is 0.256. The smallest absolute Gasteiger partial charge is 0.130 e. The number of nitrogens with one attached hydrogen (secondary N) is 1. The number of rotatable bonds is 3. The van der Waals surface area contributed by atoms with Crippen LogP contribution >= 0.6 is 12.2 Å². The summed E-state index contributed by atoms with van der Waals surface area (Å²) in [6, 6.07) is 1.87. The zero-order valence-electron chi connectivity index (χ0n) is 11.5. The first-order chi connectivity index (χ1) is 9.70. The molecule has 0 radical (unpaired) electrons. The number of H-pyrrole nitrogens is 1. The van der Waals surface area contributed by atoms with E-state index in [1.165, 1.54) is 6.42 Å². The summed E-state index contributed by atoms with van der Waals surface area (Å²) in [5.41, 5.74) is 1.98. The molecule has 1 aliphatic heterocycles. The van der Waals surface area contributed by atoms with E-state index in [9.17, 15) is 0 Å². The molecule has 3 rings (SSSR count). The van der Waals surface area contributed by atoms with Crippen LogP contribution in [-0.2, 0) is 18.2 Å². The Kier molecular flexibility index (Phi) is 3.93. The van der Waals surface area contributed by atoms with Crippen molar-refractivity contribution >= 4 is 12.2 Å². The maximum atomic E-state index is 5.76. The van der Waals surface area contributed by atoms with Crippen molar-refractivity contribution in [2.45, 2.75) is 31.8 Å². The van der Waals surface area contributed by atoms with Gasteiger partial charge in [0, 0.05) is 31.8 Å². The van der Waals surface area contributed by atoms with Crippen LogP contribution in [0.25, 0.3) is 11.3 Å². The van der Waals surface area contributed by atoms with Gasteiger partial charge in [-0.05, 0) is 25.3 Å². The summed E-state index contributed by atoms with van der Waals surface area (Å²) in [7, 11) is 1.90. The predicted octanol–water partition coefficient (Wildman–Crippen LogP) is 2.65. The number of hydrogen-bond donors (Lipinski definition) is 1. The highest BCUT2D eigenvalue weighted by molar-refractivity contribution is 7.71. The van der Waals surface area contributed by atoms with E-state index in [4.69, 9.17) is 17.0 Å². The van der Waals surface area contributed by atoms with Crippen molar-refractivity contribution in [2.75, 3.05) is 6.61 Å². The van der Waals surface area contributed by atoms with E-state index in [-0.39, 0.29) is 6.10 Å². The van der Waals surface area contributed by atoms with Gasteiger partial charge in [0.1, 0.15) is 10.5 Å². The molecule has 20 heavy (non-hydrogen) atoms. The summed E-state index contributed by atoms with van der Waals surface area (Å²) < 4.78 is 8.14. The van der Waals surface area contributed by atoms with E-state index >= 15 is 0 Å². The third-order valence-corrected chi connectivity index (χ3v) is 3.71. The highest BCUT2D eigenvalue weighted by atomic mass is 32.1. The molecular formula is C14H18N4OS. The lowest BCUT2D eigenvalue weighted by atomic mass is 10.1. The highest BCUT2D eigenvalue weighted by Crippen LogP contribution is 2.19. The van der Waals surface area contributed by atoms with E-state index in [1.54, 1.807) is 4.68 Å². The van der Waals surface area contributed by atoms with Crippen LogP contribution in [0.1, 0.15) is 25.1 Å². The van der Waals surface area contributed by atoms with Gasteiger partial charge in [0.25, 0.3) is 0 Å². The summed E-state index contributed by atoms with van der Waals surface area (Å²) in [5, 5.41) is 4.19. The fraction of sp³-hybridized carbons (Fsp3) is 0.500. The Morgan fingerprint density at radius 3 is 3.10 bits per heavy atom. The topological polar surface area (TPSA) is 55.7 Å². The summed E-state index contributed by atoms with van der Waals surface area (Å²) in [6.45, 7) is 0.855. The molecule has 0 aromatic carbocycles. The average molecular weight is 290 g/mol. The van der Waals surface area contributed by atoms with Gasteiger partial charge in [-0.2, -0.15) is 5.10 Å². The van der Waals surface area contributed by atoms with E-state index in [2.05, 4.69) is 15.1 Å². The predicted molar refractivity (Wildman–Crippen MR) is 78.9 cm³/mol. The minimum Gasteiger partial charge on any atom is -0.378 e. The first kappa shape index (κ1) is 13.5. The number of nitrogens with zero attached hydrogens (tertiary/aromatic N) is 3. The van der Waals surface area contributed by atoms with E-state index in [0.717, 1.165) is 43.0 Å². The fourth-order valence-electron chi connectivity index (χ4n) is 2.50. The SMILES string of the molecule is Cn1cc(-c2cc(=S)nc(CC3CCCCO3)[nH]2)cn1. The minimum absolute atomic E-state index is 0.256. The van der Waals surface area contributed by atoms with Gasteiger partial charge < -0.3 is 9.72 Å². The third kappa shape index (κ3) is 3.13. The van der Waals surface area contributed by atoms with Crippen LogP contribution in [0.3, 0.4) is 0 Å². The Hall–Kier alpha value is -1.53. The molecule has 5 nitrogen and oxygen atoms in total. The Balaban J connectivity index is 1.84. The highest BCUT2D eigenvalue weighted by Gasteiger charge is 2.16. The number of ether oxygens (including phenoxy) is 1.